The van der Waals surface area contributed by atoms with Gasteiger partial charge >= 0.3 is 6.18 Å². The van der Waals surface area contributed by atoms with Crippen LogP contribution in [0.1, 0.15) is 59.1 Å². The Morgan fingerprint density at radius 3 is 2.12 bits per heavy atom. The van der Waals surface area contributed by atoms with Crippen LogP contribution in [-0.2, 0) is 17.2 Å². The van der Waals surface area contributed by atoms with Gasteiger partial charge in [-0.15, -0.1) is 0 Å². The molecule has 4 nitrogen and oxygen atoms in total. The van der Waals surface area contributed by atoms with Gasteiger partial charge in [0.05, 0.1) is 26.9 Å². The Morgan fingerprint density at radius 2 is 1.49 bits per heavy atom. The second-order valence-electron chi connectivity index (χ2n) is 13.8. The summed E-state index contributed by atoms with van der Waals surface area (Å²) in [5.74, 6) is 3.22. The highest BCUT2D eigenvalue weighted by atomic mass is 19.4. The molecule has 2 fully saturated rings. The fourth-order valence-electron chi connectivity index (χ4n) is 9.62. The Labute approximate surface area is 283 Å². The van der Waals surface area contributed by atoms with Crippen LogP contribution in [0.15, 0.2) is 91.0 Å². The molecule has 9 rings (SSSR count). The fourth-order valence-corrected chi connectivity index (χ4v) is 9.62. The summed E-state index contributed by atoms with van der Waals surface area (Å²) in [5, 5.41) is 1.69. The lowest BCUT2D eigenvalue weighted by Gasteiger charge is -2.41. The van der Waals surface area contributed by atoms with E-state index in [0.29, 0.717) is 23.2 Å². The van der Waals surface area contributed by atoms with E-state index in [0.717, 1.165) is 81.1 Å². The molecule has 4 unspecified atom stereocenters. The number of methoxy groups -OCH3 is 3. The Bertz CT molecular complexity index is 2170. The molecule has 0 amide bonds. The number of hydrogen-bond donors (Lipinski definition) is 0. The zero-order valence-corrected chi connectivity index (χ0v) is 27.5. The lowest BCUT2D eigenvalue weighted by atomic mass is 9.65. The van der Waals surface area contributed by atoms with Gasteiger partial charge < -0.3 is 18.9 Å². The van der Waals surface area contributed by atoms with Crippen molar-refractivity contribution in [1.82, 2.24) is 0 Å². The maximum absolute atomic E-state index is 14.3. The van der Waals surface area contributed by atoms with Crippen LogP contribution in [0.4, 0.5) is 13.2 Å². The van der Waals surface area contributed by atoms with Crippen molar-refractivity contribution in [2.24, 2.45) is 11.8 Å². The van der Waals surface area contributed by atoms with E-state index < -0.39 is 22.8 Å². The van der Waals surface area contributed by atoms with Gasteiger partial charge in [-0.05, 0) is 101 Å². The summed E-state index contributed by atoms with van der Waals surface area (Å²) in [6, 6.07) is 26.3. The highest BCUT2D eigenvalue weighted by molar-refractivity contribution is 6.10. The second kappa shape index (κ2) is 10.5. The first kappa shape index (κ1) is 30.2. The average Bonchev–Trinajstić information content (AvgIpc) is 3.83. The van der Waals surface area contributed by atoms with E-state index >= 15 is 0 Å². The standard InChI is InChI=1S/C42H35F3O4/c1-46-29-14-11-26(12-15-29)41(25-7-5-4-6-8-25)18-17-31-38-37(32-21-35(47-2)36(48-3)22-33(32)39(31)49-41)30-16-13-28(42(43,44)45)20-34(30)40(38)23-24-9-10-27(40)19-24/h4-8,11-18,20-22,24,27H,9-10,19,23H2,1-3H3. The van der Waals surface area contributed by atoms with Gasteiger partial charge in [0, 0.05) is 27.5 Å². The SMILES string of the molecule is COc1ccc(C2(c3ccccc3)C=Cc3c4c(c5cc(OC)c(OC)cc5c3O2)-c2ccc(C(F)(F)F)cc2C42CC3CCC2C3)cc1. The predicted molar refractivity (Wildman–Crippen MR) is 184 cm³/mol. The van der Waals surface area contributed by atoms with Crippen molar-refractivity contribution in [2.45, 2.75) is 42.9 Å². The van der Waals surface area contributed by atoms with Crippen molar-refractivity contribution in [1.29, 1.82) is 0 Å². The molecule has 7 heteroatoms. The van der Waals surface area contributed by atoms with Crippen LogP contribution >= 0.6 is 0 Å². The van der Waals surface area contributed by atoms with Gasteiger partial charge in [-0.1, -0.05) is 61.0 Å². The van der Waals surface area contributed by atoms with Crippen LogP contribution in [0, 0.1) is 11.8 Å². The number of hydrogen-bond acceptors (Lipinski definition) is 4. The molecule has 2 saturated carbocycles. The van der Waals surface area contributed by atoms with Gasteiger partial charge in [-0.3, -0.25) is 0 Å². The molecule has 0 N–H and O–H groups in total. The molecule has 3 aliphatic carbocycles. The first-order valence-electron chi connectivity index (χ1n) is 16.8. The number of fused-ring (bicyclic) bond motifs is 13. The summed E-state index contributed by atoms with van der Waals surface area (Å²) < 4.78 is 67.6. The number of benzene rings is 5. The highest BCUT2D eigenvalue weighted by Gasteiger charge is 2.59. The van der Waals surface area contributed by atoms with Gasteiger partial charge in [0.25, 0.3) is 0 Å². The molecule has 2 bridgehead atoms. The lowest BCUT2D eigenvalue weighted by molar-refractivity contribution is -0.137. The van der Waals surface area contributed by atoms with Crippen molar-refractivity contribution in [2.75, 3.05) is 21.3 Å². The molecule has 0 radical (unpaired) electrons. The van der Waals surface area contributed by atoms with Crippen molar-refractivity contribution in [3.05, 3.63) is 124 Å². The minimum absolute atomic E-state index is 0.235. The molecule has 4 atom stereocenters. The number of alkyl halides is 3. The van der Waals surface area contributed by atoms with Crippen molar-refractivity contribution in [3.63, 3.8) is 0 Å². The van der Waals surface area contributed by atoms with Gasteiger partial charge in [0.2, 0.25) is 0 Å². The summed E-state index contributed by atoms with van der Waals surface area (Å²) in [6.07, 6.45) is 3.76. The molecule has 49 heavy (non-hydrogen) atoms. The van der Waals surface area contributed by atoms with Gasteiger partial charge in [0.15, 0.2) is 17.1 Å². The molecule has 0 saturated heterocycles. The Hall–Kier alpha value is -4.91. The number of rotatable bonds is 5. The third-order valence-corrected chi connectivity index (χ3v) is 11.7. The molecule has 1 aliphatic heterocycles. The molecular formula is C42H35F3O4. The monoisotopic (exact) mass is 660 g/mol. The van der Waals surface area contributed by atoms with E-state index in [9.17, 15) is 13.2 Å². The van der Waals surface area contributed by atoms with E-state index in [-0.39, 0.29) is 5.92 Å². The maximum Gasteiger partial charge on any atom is 0.416 e. The van der Waals surface area contributed by atoms with E-state index in [1.165, 1.54) is 12.1 Å². The van der Waals surface area contributed by atoms with Crippen molar-refractivity contribution in [3.8, 4) is 34.1 Å². The largest absolute Gasteiger partial charge is 0.497 e. The Morgan fingerprint density at radius 1 is 0.776 bits per heavy atom. The minimum atomic E-state index is -4.45. The number of ether oxygens (including phenoxy) is 4. The molecular weight excluding hydrogens is 625 g/mol. The molecule has 4 aliphatic rings. The van der Waals surface area contributed by atoms with Crippen LogP contribution in [0.5, 0.6) is 23.0 Å². The molecule has 1 heterocycles. The summed E-state index contributed by atoms with van der Waals surface area (Å²) in [4.78, 5) is 0. The first-order chi connectivity index (χ1) is 23.7. The van der Waals surface area contributed by atoms with Crippen molar-refractivity contribution < 1.29 is 32.1 Å². The Kier molecular flexibility index (Phi) is 6.49. The first-order valence-corrected chi connectivity index (χ1v) is 16.8. The second-order valence-corrected chi connectivity index (χ2v) is 13.8. The third kappa shape index (κ3) is 4.11. The molecule has 1 spiro atoms. The lowest BCUT2D eigenvalue weighted by Crippen LogP contribution is -2.36. The van der Waals surface area contributed by atoms with Crippen molar-refractivity contribution >= 4 is 16.8 Å². The van der Waals surface area contributed by atoms with E-state index in [2.05, 4.69) is 24.3 Å². The van der Waals surface area contributed by atoms with Gasteiger partial charge in [-0.25, -0.2) is 0 Å². The molecule has 248 valence electrons. The predicted octanol–water partition coefficient (Wildman–Crippen LogP) is 10.3. The fraction of sp³-hybridized carbons (Fsp3) is 0.286. The van der Waals surface area contributed by atoms with Crippen LogP contribution in [0.25, 0.3) is 28.0 Å². The zero-order valence-electron chi connectivity index (χ0n) is 27.5. The zero-order chi connectivity index (χ0) is 33.7. The summed E-state index contributed by atoms with van der Waals surface area (Å²) >= 11 is 0. The van der Waals surface area contributed by atoms with E-state index in [1.807, 2.05) is 54.6 Å². The molecule has 5 aromatic rings. The van der Waals surface area contributed by atoms with Gasteiger partial charge in [-0.2, -0.15) is 13.2 Å². The average molecular weight is 661 g/mol. The van der Waals surface area contributed by atoms with Crippen LogP contribution < -0.4 is 18.9 Å². The molecule has 0 aromatic heterocycles. The normalized spacial score (nSPS) is 24.4. The Balaban J connectivity index is 1.39. The summed E-state index contributed by atoms with van der Waals surface area (Å²) in [5.41, 5.74) is 4.34. The summed E-state index contributed by atoms with van der Waals surface area (Å²) in [7, 11) is 4.85. The number of halogens is 3. The topological polar surface area (TPSA) is 36.9 Å². The van der Waals surface area contributed by atoms with Crippen LogP contribution in [0.2, 0.25) is 0 Å². The van der Waals surface area contributed by atoms with E-state index in [4.69, 9.17) is 18.9 Å². The minimum Gasteiger partial charge on any atom is -0.497 e. The maximum atomic E-state index is 14.3. The van der Waals surface area contributed by atoms with Gasteiger partial charge in [0.1, 0.15) is 11.5 Å². The molecule has 5 aromatic carbocycles. The highest BCUT2D eigenvalue weighted by Crippen LogP contribution is 2.69. The van der Waals surface area contributed by atoms with E-state index in [1.54, 1.807) is 27.4 Å². The summed E-state index contributed by atoms with van der Waals surface area (Å²) in [6.45, 7) is 0. The van der Waals surface area contributed by atoms with Crippen LogP contribution in [-0.4, -0.2) is 21.3 Å². The smallest absolute Gasteiger partial charge is 0.416 e. The quantitative estimate of drug-likeness (QED) is 0.188. The van der Waals surface area contributed by atoms with Crippen LogP contribution in [0.3, 0.4) is 0 Å². The third-order valence-electron chi connectivity index (χ3n) is 11.7.